The summed E-state index contributed by atoms with van der Waals surface area (Å²) in [6.07, 6.45) is 12.8. The normalized spacial score (nSPS) is 14.3. The first-order valence-corrected chi connectivity index (χ1v) is 12.2. The van der Waals surface area contributed by atoms with Crippen LogP contribution >= 0.6 is 0 Å². The molecular weight excluding hydrogens is 466 g/mol. The van der Waals surface area contributed by atoms with Crippen LogP contribution in [-0.2, 0) is 11.8 Å². The number of carbonyl (C=O) groups is 1. The van der Waals surface area contributed by atoms with Gasteiger partial charge in [-0.1, -0.05) is 5.92 Å². The summed E-state index contributed by atoms with van der Waals surface area (Å²) in [6, 6.07) is 11.5. The van der Waals surface area contributed by atoms with Crippen LogP contribution in [0.3, 0.4) is 0 Å². The van der Waals surface area contributed by atoms with Crippen molar-refractivity contribution in [2.24, 2.45) is 7.05 Å². The van der Waals surface area contributed by atoms with E-state index in [1.54, 1.807) is 17.1 Å². The van der Waals surface area contributed by atoms with E-state index in [1.807, 2.05) is 49.6 Å². The average Bonchev–Trinajstić information content (AvgIpc) is 3.35. The van der Waals surface area contributed by atoms with Gasteiger partial charge in [0.05, 0.1) is 11.7 Å². The number of nitrogens with one attached hydrogen (secondary N) is 2. The number of hydrogen-bond acceptors (Lipinski definition) is 7. The van der Waals surface area contributed by atoms with E-state index in [2.05, 4.69) is 43.6 Å². The third kappa shape index (κ3) is 6.05. The number of aryl methyl sites for hydroxylation is 1. The van der Waals surface area contributed by atoms with Gasteiger partial charge >= 0.3 is 0 Å². The number of carbonyl (C=O) groups excluding carboxylic acids is 1. The van der Waals surface area contributed by atoms with Gasteiger partial charge in [0.2, 0.25) is 5.95 Å². The van der Waals surface area contributed by atoms with E-state index in [0.29, 0.717) is 11.7 Å². The number of fused-ring (bicyclic) bond motifs is 1. The first-order chi connectivity index (χ1) is 17.9. The molecule has 0 radical (unpaired) electrons. The van der Waals surface area contributed by atoms with E-state index in [4.69, 9.17) is 11.2 Å². The molecule has 0 bridgehead atoms. The number of nitrogens with zero attached hydrogens (tertiary/aromatic N) is 5. The van der Waals surface area contributed by atoms with Crippen molar-refractivity contribution in [3.8, 4) is 29.2 Å². The number of benzene rings is 2. The summed E-state index contributed by atoms with van der Waals surface area (Å²) in [5.74, 6) is 3.50. The van der Waals surface area contributed by atoms with Gasteiger partial charge in [0.15, 0.2) is 6.61 Å². The van der Waals surface area contributed by atoms with Crippen LogP contribution in [0.15, 0.2) is 55.0 Å². The third-order valence-electron chi connectivity index (χ3n) is 6.40. The Morgan fingerprint density at radius 1 is 1.14 bits per heavy atom. The van der Waals surface area contributed by atoms with Gasteiger partial charge in [0, 0.05) is 53.8 Å². The second kappa shape index (κ2) is 10.7. The lowest BCUT2D eigenvalue weighted by Crippen LogP contribution is -2.44. The van der Waals surface area contributed by atoms with Crippen LogP contribution < -0.4 is 15.4 Å². The predicted molar refractivity (Wildman–Crippen MR) is 144 cm³/mol. The molecule has 1 amide bonds. The van der Waals surface area contributed by atoms with Crippen molar-refractivity contribution in [2.75, 3.05) is 32.1 Å². The molecule has 4 aromatic rings. The number of likely N-dealkylation sites (tertiary alicyclic amines) is 1. The lowest BCUT2D eigenvalue weighted by Gasteiger charge is -2.29. The molecule has 0 spiro atoms. The summed E-state index contributed by atoms with van der Waals surface area (Å²) in [5.41, 5.74) is 4.10. The lowest BCUT2D eigenvalue weighted by molar-refractivity contribution is -0.124. The van der Waals surface area contributed by atoms with Crippen molar-refractivity contribution in [1.29, 1.82) is 0 Å². The molecule has 0 unspecified atom stereocenters. The molecule has 3 heterocycles. The SMILES string of the molecule is C#Cc1ccc2nc(Nc3cc(OCC(=O)NC4CCN(C)CC4)cc(-c4cnn(C)c4)c3)ncc2c1. The Bertz CT molecular complexity index is 1470. The first kappa shape index (κ1) is 24.3. The summed E-state index contributed by atoms with van der Waals surface area (Å²) in [6.45, 7) is 1.90. The van der Waals surface area contributed by atoms with Gasteiger partial charge in [0.25, 0.3) is 5.91 Å². The van der Waals surface area contributed by atoms with Crippen LogP contribution in [0.1, 0.15) is 18.4 Å². The number of anilines is 2. The Balaban J connectivity index is 1.34. The predicted octanol–water partition coefficient (Wildman–Crippen LogP) is 3.34. The fourth-order valence-corrected chi connectivity index (χ4v) is 4.38. The molecule has 5 rings (SSSR count). The average molecular weight is 496 g/mol. The van der Waals surface area contributed by atoms with Gasteiger partial charge < -0.3 is 20.3 Å². The van der Waals surface area contributed by atoms with Crippen LogP contribution in [0, 0.1) is 12.3 Å². The molecule has 2 aromatic carbocycles. The van der Waals surface area contributed by atoms with E-state index < -0.39 is 0 Å². The maximum atomic E-state index is 12.6. The summed E-state index contributed by atoms with van der Waals surface area (Å²) < 4.78 is 7.66. The van der Waals surface area contributed by atoms with E-state index in [0.717, 1.165) is 59.2 Å². The highest BCUT2D eigenvalue weighted by Gasteiger charge is 2.18. The van der Waals surface area contributed by atoms with E-state index in [-0.39, 0.29) is 18.6 Å². The minimum atomic E-state index is -0.125. The monoisotopic (exact) mass is 495 g/mol. The van der Waals surface area contributed by atoms with E-state index >= 15 is 0 Å². The smallest absolute Gasteiger partial charge is 0.258 e. The van der Waals surface area contributed by atoms with Gasteiger partial charge in [-0.3, -0.25) is 9.48 Å². The number of aromatic nitrogens is 4. The molecule has 9 heteroatoms. The third-order valence-corrected chi connectivity index (χ3v) is 6.40. The highest BCUT2D eigenvalue weighted by atomic mass is 16.5. The Labute approximate surface area is 215 Å². The van der Waals surface area contributed by atoms with Crippen molar-refractivity contribution in [3.63, 3.8) is 0 Å². The van der Waals surface area contributed by atoms with Gasteiger partial charge in [0.1, 0.15) is 5.75 Å². The fourth-order valence-electron chi connectivity index (χ4n) is 4.38. The molecule has 1 saturated heterocycles. The maximum absolute atomic E-state index is 12.6. The van der Waals surface area contributed by atoms with Crippen LogP contribution in [0.5, 0.6) is 5.75 Å². The Hall–Kier alpha value is -4.42. The molecular formula is C28H29N7O2. The number of amides is 1. The highest BCUT2D eigenvalue weighted by molar-refractivity contribution is 5.81. The second-order valence-electron chi connectivity index (χ2n) is 9.32. The van der Waals surface area contributed by atoms with E-state index in [1.165, 1.54) is 0 Å². The Morgan fingerprint density at radius 3 is 2.73 bits per heavy atom. The van der Waals surface area contributed by atoms with E-state index in [9.17, 15) is 4.79 Å². The van der Waals surface area contributed by atoms with Crippen LogP contribution in [0.25, 0.3) is 22.0 Å². The molecule has 1 aliphatic heterocycles. The molecule has 1 aliphatic rings. The molecule has 9 nitrogen and oxygen atoms in total. The largest absolute Gasteiger partial charge is 0.484 e. The van der Waals surface area contributed by atoms with Crippen molar-refractivity contribution in [2.45, 2.75) is 18.9 Å². The molecule has 0 saturated carbocycles. The second-order valence-corrected chi connectivity index (χ2v) is 9.32. The van der Waals surface area contributed by atoms with Crippen LogP contribution in [0.4, 0.5) is 11.6 Å². The Kier molecular flexibility index (Phi) is 7.01. The zero-order valence-corrected chi connectivity index (χ0v) is 20.9. The topological polar surface area (TPSA) is 97.2 Å². The lowest BCUT2D eigenvalue weighted by atomic mass is 10.1. The first-order valence-electron chi connectivity index (χ1n) is 12.2. The summed E-state index contributed by atoms with van der Waals surface area (Å²) in [7, 11) is 3.96. The number of piperidine rings is 1. The zero-order chi connectivity index (χ0) is 25.8. The number of terminal acetylenes is 1. The van der Waals surface area contributed by atoms with Gasteiger partial charge in [-0.25, -0.2) is 9.97 Å². The molecule has 2 N–H and O–H groups in total. The summed E-state index contributed by atoms with van der Waals surface area (Å²) >= 11 is 0. The fraction of sp³-hybridized carbons (Fsp3) is 0.286. The standard InChI is InChI=1S/C28H29N7O2/c1-4-19-5-6-26-21(11-19)15-29-28(33-26)32-24-12-20(22-16-30-35(3)17-22)13-25(14-24)37-18-27(36)31-23-7-9-34(2)10-8-23/h1,5-6,11-17,23H,7-10,18H2,2-3H3,(H,31,36)(H,29,32,33). The molecule has 0 aliphatic carbocycles. The van der Waals surface area contributed by atoms with Crippen molar-refractivity contribution in [3.05, 3.63) is 60.6 Å². The Morgan fingerprint density at radius 2 is 1.97 bits per heavy atom. The van der Waals surface area contributed by atoms with Gasteiger partial charge in [-0.05, 0) is 68.9 Å². The zero-order valence-electron chi connectivity index (χ0n) is 20.9. The highest BCUT2D eigenvalue weighted by Crippen LogP contribution is 2.30. The summed E-state index contributed by atoms with van der Waals surface area (Å²) in [4.78, 5) is 23.9. The molecule has 188 valence electrons. The minimum Gasteiger partial charge on any atom is -0.484 e. The van der Waals surface area contributed by atoms with Crippen molar-refractivity contribution >= 4 is 28.4 Å². The number of rotatable bonds is 7. The van der Waals surface area contributed by atoms with Crippen molar-refractivity contribution in [1.82, 2.24) is 30.0 Å². The number of ether oxygens (including phenoxy) is 1. The van der Waals surface area contributed by atoms with Crippen LogP contribution in [-0.4, -0.2) is 63.3 Å². The minimum absolute atomic E-state index is 0.0632. The molecule has 2 aromatic heterocycles. The van der Waals surface area contributed by atoms with Crippen molar-refractivity contribution < 1.29 is 9.53 Å². The molecule has 37 heavy (non-hydrogen) atoms. The van der Waals surface area contributed by atoms with Crippen LogP contribution in [0.2, 0.25) is 0 Å². The number of hydrogen-bond donors (Lipinski definition) is 2. The molecule has 1 fully saturated rings. The van der Waals surface area contributed by atoms with Gasteiger partial charge in [-0.2, -0.15) is 5.10 Å². The summed E-state index contributed by atoms with van der Waals surface area (Å²) in [5, 5.41) is 11.5. The molecule has 0 atom stereocenters. The quantitative estimate of drug-likeness (QED) is 0.380. The maximum Gasteiger partial charge on any atom is 0.258 e. The van der Waals surface area contributed by atoms with Gasteiger partial charge in [-0.15, -0.1) is 6.42 Å².